The minimum absolute atomic E-state index is 0.0132. The summed E-state index contributed by atoms with van der Waals surface area (Å²) in [5, 5.41) is 5.49. The van der Waals surface area contributed by atoms with Crippen molar-refractivity contribution >= 4 is 11.8 Å². The average molecular weight is 234 g/mol. The number of benzene rings is 1. The Bertz CT molecular complexity index is 363. The smallest absolute Gasteiger partial charge is 0.220 e. The maximum atomic E-state index is 11.4. The number of rotatable bonds is 6. The molecule has 92 valence electrons. The molecule has 0 saturated heterocycles. The first-order chi connectivity index (χ1) is 8.18. The number of hydrogen-bond donors (Lipinski definition) is 2. The van der Waals surface area contributed by atoms with E-state index in [0.717, 1.165) is 5.56 Å². The Morgan fingerprint density at radius 3 is 2.47 bits per heavy atom. The number of carbonyl (C=O) groups excluding carboxylic acids is 2. The molecule has 0 heterocycles. The summed E-state index contributed by atoms with van der Waals surface area (Å²) in [6, 6.07) is 9.77. The highest BCUT2D eigenvalue weighted by atomic mass is 16.2. The number of nitrogens with one attached hydrogen (secondary N) is 2. The minimum Gasteiger partial charge on any atom is -0.356 e. The van der Waals surface area contributed by atoms with Crippen molar-refractivity contribution in [3.05, 3.63) is 35.9 Å². The Labute approximate surface area is 101 Å². The van der Waals surface area contributed by atoms with Crippen LogP contribution < -0.4 is 10.6 Å². The van der Waals surface area contributed by atoms with E-state index in [1.165, 1.54) is 6.92 Å². The van der Waals surface area contributed by atoms with Gasteiger partial charge in [0.25, 0.3) is 0 Å². The number of hydrogen-bond acceptors (Lipinski definition) is 2. The van der Waals surface area contributed by atoms with E-state index < -0.39 is 0 Å². The second-order valence-corrected chi connectivity index (χ2v) is 3.85. The van der Waals surface area contributed by atoms with Gasteiger partial charge < -0.3 is 10.6 Å². The zero-order valence-electron chi connectivity index (χ0n) is 10.0. The Hall–Kier alpha value is -1.84. The minimum atomic E-state index is -0.0605. The Morgan fingerprint density at radius 2 is 1.82 bits per heavy atom. The molecule has 0 aliphatic heterocycles. The van der Waals surface area contributed by atoms with E-state index in [2.05, 4.69) is 10.6 Å². The summed E-state index contributed by atoms with van der Waals surface area (Å²) in [6.07, 6.45) is 1.10. The lowest BCUT2D eigenvalue weighted by Gasteiger charge is -2.05. The van der Waals surface area contributed by atoms with Crippen LogP contribution in [-0.4, -0.2) is 18.4 Å². The van der Waals surface area contributed by atoms with E-state index in [4.69, 9.17) is 0 Å². The summed E-state index contributed by atoms with van der Waals surface area (Å²) in [5.74, 6) is -0.0473. The van der Waals surface area contributed by atoms with Gasteiger partial charge in [-0.15, -0.1) is 0 Å². The first-order valence-electron chi connectivity index (χ1n) is 5.73. The van der Waals surface area contributed by atoms with Crippen molar-refractivity contribution in [1.82, 2.24) is 10.6 Å². The van der Waals surface area contributed by atoms with Crippen molar-refractivity contribution in [2.45, 2.75) is 26.3 Å². The van der Waals surface area contributed by atoms with E-state index >= 15 is 0 Å². The zero-order valence-corrected chi connectivity index (χ0v) is 10.0. The zero-order chi connectivity index (χ0) is 12.5. The van der Waals surface area contributed by atoms with Gasteiger partial charge in [-0.05, 0) is 12.0 Å². The molecule has 2 N–H and O–H groups in total. The molecule has 4 heteroatoms. The average Bonchev–Trinajstić information content (AvgIpc) is 2.33. The van der Waals surface area contributed by atoms with Crippen LogP contribution in [0.3, 0.4) is 0 Å². The van der Waals surface area contributed by atoms with Crippen LogP contribution in [0.25, 0.3) is 0 Å². The van der Waals surface area contributed by atoms with E-state index in [1.807, 2.05) is 30.3 Å². The van der Waals surface area contributed by atoms with Crippen molar-refractivity contribution in [2.75, 3.05) is 6.54 Å². The topological polar surface area (TPSA) is 58.2 Å². The molecule has 1 aromatic carbocycles. The first kappa shape index (κ1) is 13.2. The molecule has 0 aromatic heterocycles. The van der Waals surface area contributed by atoms with Crippen LogP contribution in [0.4, 0.5) is 0 Å². The Balaban J connectivity index is 2.11. The third-order valence-corrected chi connectivity index (χ3v) is 2.29. The molecule has 0 spiro atoms. The van der Waals surface area contributed by atoms with Gasteiger partial charge in [0, 0.05) is 26.4 Å². The molecular weight excluding hydrogens is 216 g/mol. The monoisotopic (exact) mass is 234 g/mol. The lowest BCUT2D eigenvalue weighted by atomic mass is 10.2. The standard InChI is InChI=1S/C13H18N2O2/c1-11(16)14-9-5-8-13(17)15-10-12-6-3-2-4-7-12/h2-4,6-7H,5,8-10H2,1H3,(H,14,16)(H,15,17). The normalized spacial score (nSPS) is 9.71. The first-order valence-corrected chi connectivity index (χ1v) is 5.73. The van der Waals surface area contributed by atoms with Gasteiger partial charge in [-0.1, -0.05) is 30.3 Å². The molecule has 1 aromatic rings. The SMILES string of the molecule is CC(=O)NCCCC(=O)NCc1ccccc1. The summed E-state index contributed by atoms with van der Waals surface area (Å²) >= 11 is 0. The molecular formula is C13H18N2O2. The van der Waals surface area contributed by atoms with Crippen LogP contribution in [0.2, 0.25) is 0 Å². The second-order valence-electron chi connectivity index (χ2n) is 3.85. The molecule has 0 bridgehead atoms. The third kappa shape index (κ3) is 6.35. The number of carbonyl (C=O) groups is 2. The van der Waals surface area contributed by atoms with Crippen LogP contribution >= 0.6 is 0 Å². The molecule has 17 heavy (non-hydrogen) atoms. The Morgan fingerprint density at radius 1 is 1.12 bits per heavy atom. The van der Waals surface area contributed by atoms with Crippen LogP contribution in [0.5, 0.6) is 0 Å². The highest BCUT2D eigenvalue weighted by molar-refractivity contribution is 5.76. The molecule has 4 nitrogen and oxygen atoms in total. The molecule has 0 saturated carbocycles. The van der Waals surface area contributed by atoms with Gasteiger partial charge in [-0.25, -0.2) is 0 Å². The fraction of sp³-hybridized carbons (Fsp3) is 0.385. The highest BCUT2D eigenvalue weighted by Crippen LogP contribution is 1.97. The summed E-state index contributed by atoms with van der Waals surface area (Å²) in [7, 11) is 0. The Kier molecular flexibility index (Phi) is 5.79. The van der Waals surface area contributed by atoms with Crippen molar-refractivity contribution in [2.24, 2.45) is 0 Å². The van der Waals surface area contributed by atoms with Gasteiger partial charge in [0.15, 0.2) is 0 Å². The lowest BCUT2D eigenvalue weighted by Crippen LogP contribution is -2.25. The second kappa shape index (κ2) is 7.44. The van der Waals surface area contributed by atoms with Crippen LogP contribution in [0, 0.1) is 0 Å². The van der Waals surface area contributed by atoms with E-state index in [1.54, 1.807) is 0 Å². The van der Waals surface area contributed by atoms with Gasteiger partial charge in [-0.3, -0.25) is 9.59 Å². The molecule has 0 atom stereocenters. The largest absolute Gasteiger partial charge is 0.356 e. The van der Waals surface area contributed by atoms with E-state index in [0.29, 0.717) is 25.9 Å². The summed E-state index contributed by atoms with van der Waals surface area (Å²) < 4.78 is 0. The lowest BCUT2D eigenvalue weighted by molar-refractivity contribution is -0.122. The fourth-order valence-corrected chi connectivity index (χ4v) is 1.40. The maximum Gasteiger partial charge on any atom is 0.220 e. The molecule has 0 unspecified atom stereocenters. The maximum absolute atomic E-state index is 11.4. The van der Waals surface area contributed by atoms with E-state index in [-0.39, 0.29) is 11.8 Å². The predicted molar refractivity (Wildman–Crippen MR) is 66.2 cm³/mol. The summed E-state index contributed by atoms with van der Waals surface area (Å²) in [4.78, 5) is 22.0. The van der Waals surface area contributed by atoms with Crippen LogP contribution in [0.15, 0.2) is 30.3 Å². The predicted octanol–water partition coefficient (Wildman–Crippen LogP) is 1.22. The summed E-state index contributed by atoms with van der Waals surface area (Å²) in [6.45, 7) is 2.57. The van der Waals surface area contributed by atoms with E-state index in [9.17, 15) is 9.59 Å². The molecule has 0 aliphatic rings. The van der Waals surface area contributed by atoms with Gasteiger partial charge in [-0.2, -0.15) is 0 Å². The van der Waals surface area contributed by atoms with Crippen molar-refractivity contribution in [1.29, 1.82) is 0 Å². The van der Waals surface area contributed by atoms with Gasteiger partial charge in [0.2, 0.25) is 11.8 Å². The van der Waals surface area contributed by atoms with Crippen molar-refractivity contribution in [3.63, 3.8) is 0 Å². The van der Waals surface area contributed by atoms with Crippen LogP contribution in [0.1, 0.15) is 25.3 Å². The van der Waals surface area contributed by atoms with Gasteiger partial charge >= 0.3 is 0 Å². The molecule has 2 amide bonds. The number of amides is 2. The summed E-state index contributed by atoms with van der Waals surface area (Å²) in [5.41, 5.74) is 1.09. The fourth-order valence-electron chi connectivity index (χ4n) is 1.40. The highest BCUT2D eigenvalue weighted by Gasteiger charge is 2.01. The van der Waals surface area contributed by atoms with Crippen LogP contribution in [-0.2, 0) is 16.1 Å². The molecule has 0 radical (unpaired) electrons. The molecule has 0 aliphatic carbocycles. The van der Waals surface area contributed by atoms with Gasteiger partial charge in [0.05, 0.1) is 0 Å². The molecule has 1 rings (SSSR count). The van der Waals surface area contributed by atoms with Crippen molar-refractivity contribution in [3.8, 4) is 0 Å². The molecule has 0 fully saturated rings. The quantitative estimate of drug-likeness (QED) is 0.727. The third-order valence-electron chi connectivity index (χ3n) is 2.29. The van der Waals surface area contributed by atoms with Crippen molar-refractivity contribution < 1.29 is 9.59 Å². The van der Waals surface area contributed by atoms with Gasteiger partial charge in [0.1, 0.15) is 0 Å².